The molecule has 1 aromatic rings. The molecule has 3 heteroatoms. The lowest BCUT2D eigenvalue weighted by Gasteiger charge is -2.14. The summed E-state index contributed by atoms with van der Waals surface area (Å²) in [6, 6.07) is 5.05. The van der Waals surface area contributed by atoms with E-state index in [9.17, 15) is 4.39 Å². The van der Waals surface area contributed by atoms with Gasteiger partial charge in [-0.05, 0) is 36.6 Å². The average molecular weight is 222 g/mol. The third kappa shape index (κ3) is 2.42. The highest BCUT2D eigenvalue weighted by Gasteiger charge is 2.09. The van der Waals surface area contributed by atoms with Crippen LogP contribution in [0.25, 0.3) is 5.57 Å². The molecule has 0 saturated carbocycles. The molecule has 0 unspecified atom stereocenters. The van der Waals surface area contributed by atoms with E-state index in [1.807, 2.05) is 13.0 Å². The summed E-state index contributed by atoms with van der Waals surface area (Å²) in [6.45, 7) is 3.63. The van der Waals surface area contributed by atoms with Crippen LogP contribution in [-0.2, 0) is 4.74 Å². The van der Waals surface area contributed by atoms with Crippen molar-refractivity contribution in [1.29, 1.82) is 0 Å². The predicted octanol–water partition coefficient (Wildman–Crippen LogP) is 3.03. The first-order chi connectivity index (χ1) is 7.81. The highest BCUT2D eigenvalue weighted by atomic mass is 19.1. The maximum atomic E-state index is 13.6. The molecule has 2 rings (SSSR count). The van der Waals surface area contributed by atoms with Gasteiger partial charge in [0.15, 0.2) is 11.6 Å². The minimum atomic E-state index is -0.314. The summed E-state index contributed by atoms with van der Waals surface area (Å²) in [6.07, 6.45) is 2.99. The van der Waals surface area contributed by atoms with E-state index in [-0.39, 0.29) is 5.82 Å². The van der Waals surface area contributed by atoms with Crippen molar-refractivity contribution in [2.75, 3.05) is 19.8 Å². The Balaban J connectivity index is 2.23. The highest BCUT2D eigenvalue weighted by molar-refractivity contribution is 5.67. The lowest BCUT2D eigenvalue weighted by Crippen LogP contribution is -2.05. The molecule has 1 aliphatic rings. The molecular weight excluding hydrogens is 207 g/mol. The van der Waals surface area contributed by atoms with Gasteiger partial charge in [0.2, 0.25) is 0 Å². The number of hydrogen-bond acceptors (Lipinski definition) is 2. The van der Waals surface area contributed by atoms with Gasteiger partial charge in [0.05, 0.1) is 19.8 Å². The molecule has 0 spiro atoms. The van der Waals surface area contributed by atoms with Gasteiger partial charge in [-0.15, -0.1) is 0 Å². The fourth-order valence-electron chi connectivity index (χ4n) is 1.73. The zero-order valence-electron chi connectivity index (χ0n) is 9.33. The minimum Gasteiger partial charge on any atom is -0.491 e. The van der Waals surface area contributed by atoms with E-state index in [1.165, 1.54) is 6.07 Å². The fraction of sp³-hybridized carbons (Fsp3) is 0.385. The number of halogens is 1. The van der Waals surface area contributed by atoms with Crippen molar-refractivity contribution in [1.82, 2.24) is 0 Å². The van der Waals surface area contributed by atoms with Crippen molar-refractivity contribution in [2.24, 2.45) is 0 Å². The van der Waals surface area contributed by atoms with Gasteiger partial charge in [0.25, 0.3) is 0 Å². The molecule has 2 nitrogen and oxygen atoms in total. The van der Waals surface area contributed by atoms with E-state index < -0.39 is 0 Å². The lowest BCUT2D eigenvalue weighted by atomic mass is 10.0. The van der Waals surface area contributed by atoms with Gasteiger partial charge in [0, 0.05) is 0 Å². The van der Waals surface area contributed by atoms with Gasteiger partial charge < -0.3 is 9.47 Å². The summed E-state index contributed by atoms with van der Waals surface area (Å²) in [5, 5.41) is 0. The maximum Gasteiger partial charge on any atom is 0.165 e. The molecule has 0 aromatic heterocycles. The highest BCUT2D eigenvalue weighted by Crippen LogP contribution is 2.24. The second kappa shape index (κ2) is 5.12. The number of benzene rings is 1. The largest absolute Gasteiger partial charge is 0.491 e. The van der Waals surface area contributed by atoms with Crippen LogP contribution in [0.3, 0.4) is 0 Å². The Kier molecular flexibility index (Phi) is 3.57. The Bertz CT molecular complexity index is 399. The van der Waals surface area contributed by atoms with Crippen molar-refractivity contribution in [2.45, 2.75) is 13.3 Å². The van der Waals surface area contributed by atoms with Crippen LogP contribution in [0, 0.1) is 5.82 Å². The van der Waals surface area contributed by atoms with E-state index in [4.69, 9.17) is 9.47 Å². The summed E-state index contributed by atoms with van der Waals surface area (Å²) in [4.78, 5) is 0. The first-order valence-corrected chi connectivity index (χ1v) is 5.50. The molecule has 0 bridgehead atoms. The van der Waals surface area contributed by atoms with Gasteiger partial charge >= 0.3 is 0 Å². The molecule has 1 aliphatic heterocycles. The average Bonchev–Trinajstić information content (AvgIpc) is 2.33. The van der Waals surface area contributed by atoms with Gasteiger partial charge in [-0.3, -0.25) is 0 Å². The molecule has 0 N–H and O–H groups in total. The molecule has 86 valence electrons. The van der Waals surface area contributed by atoms with Crippen LogP contribution in [0.5, 0.6) is 5.75 Å². The summed E-state index contributed by atoms with van der Waals surface area (Å²) < 4.78 is 24.1. The number of hydrogen-bond donors (Lipinski definition) is 0. The lowest BCUT2D eigenvalue weighted by molar-refractivity contribution is 0.164. The van der Waals surface area contributed by atoms with Crippen molar-refractivity contribution in [3.63, 3.8) is 0 Å². The predicted molar refractivity (Wildman–Crippen MR) is 61.0 cm³/mol. The van der Waals surface area contributed by atoms with Gasteiger partial charge in [-0.2, -0.15) is 0 Å². The number of ether oxygens (including phenoxy) is 2. The Labute approximate surface area is 94.7 Å². The molecular formula is C13H15FO2. The van der Waals surface area contributed by atoms with E-state index in [0.29, 0.717) is 19.0 Å². The molecule has 1 aromatic carbocycles. The zero-order chi connectivity index (χ0) is 11.4. The topological polar surface area (TPSA) is 18.5 Å². The van der Waals surface area contributed by atoms with E-state index in [0.717, 1.165) is 24.2 Å². The zero-order valence-corrected chi connectivity index (χ0v) is 9.33. The Morgan fingerprint density at radius 2 is 2.31 bits per heavy atom. The van der Waals surface area contributed by atoms with Crippen LogP contribution in [-0.4, -0.2) is 19.8 Å². The van der Waals surface area contributed by atoms with Crippen molar-refractivity contribution in [3.05, 3.63) is 35.7 Å². The Morgan fingerprint density at radius 1 is 1.44 bits per heavy atom. The standard InChI is InChI=1S/C13H15FO2/c1-2-16-13-6-5-10(8-12(13)14)11-4-3-7-15-9-11/h4-6,8H,2-3,7,9H2,1H3. The van der Waals surface area contributed by atoms with Crippen molar-refractivity contribution in [3.8, 4) is 5.75 Å². The summed E-state index contributed by atoms with van der Waals surface area (Å²) in [5.41, 5.74) is 1.92. The quantitative estimate of drug-likeness (QED) is 0.782. The molecule has 0 radical (unpaired) electrons. The second-order valence-corrected chi connectivity index (χ2v) is 3.65. The van der Waals surface area contributed by atoms with E-state index in [2.05, 4.69) is 6.08 Å². The SMILES string of the molecule is CCOc1ccc(C2=CCCOC2)cc1F. The summed E-state index contributed by atoms with van der Waals surface area (Å²) in [7, 11) is 0. The Morgan fingerprint density at radius 3 is 2.94 bits per heavy atom. The fourth-order valence-corrected chi connectivity index (χ4v) is 1.73. The number of rotatable bonds is 3. The van der Waals surface area contributed by atoms with Gasteiger partial charge in [0.1, 0.15) is 0 Å². The minimum absolute atomic E-state index is 0.309. The first kappa shape index (κ1) is 11.1. The van der Waals surface area contributed by atoms with Crippen LogP contribution in [0.2, 0.25) is 0 Å². The van der Waals surface area contributed by atoms with Gasteiger partial charge in [-0.1, -0.05) is 12.1 Å². The molecule has 0 aliphatic carbocycles. The molecule has 1 heterocycles. The molecule has 0 fully saturated rings. The van der Waals surface area contributed by atoms with E-state index in [1.54, 1.807) is 6.07 Å². The Hall–Kier alpha value is -1.35. The van der Waals surface area contributed by atoms with Crippen LogP contribution in [0.1, 0.15) is 18.9 Å². The third-order valence-corrected chi connectivity index (χ3v) is 2.51. The van der Waals surface area contributed by atoms with Crippen molar-refractivity contribution < 1.29 is 13.9 Å². The van der Waals surface area contributed by atoms with Crippen LogP contribution in [0.4, 0.5) is 4.39 Å². The van der Waals surface area contributed by atoms with E-state index >= 15 is 0 Å². The molecule has 16 heavy (non-hydrogen) atoms. The molecule has 0 amide bonds. The summed E-state index contributed by atoms with van der Waals surface area (Å²) >= 11 is 0. The monoisotopic (exact) mass is 222 g/mol. The molecule has 0 atom stereocenters. The normalized spacial score (nSPS) is 15.8. The smallest absolute Gasteiger partial charge is 0.165 e. The van der Waals surface area contributed by atoms with Gasteiger partial charge in [-0.25, -0.2) is 4.39 Å². The van der Waals surface area contributed by atoms with Crippen LogP contribution in [0.15, 0.2) is 24.3 Å². The third-order valence-electron chi connectivity index (χ3n) is 2.51. The summed E-state index contributed by atoms with van der Waals surface area (Å²) in [5.74, 6) is -0.00518. The maximum absolute atomic E-state index is 13.6. The van der Waals surface area contributed by atoms with Crippen LogP contribution >= 0.6 is 0 Å². The van der Waals surface area contributed by atoms with Crippen LogP contribution < -0.4 is 4.74 Å². The second-order valence-electron chi connectivity index (χ2n) is 3.65. The van der Waals surface area contributed by atoms with Crippen molar-refractivity contribution >= 4 is 5.57 Å². The first-order valence-electron chi connectivity index (χ1n) is 5.50. The molecule has 0 saturated heterocycles.